The minimum Gasteiger partial charge on any atom is -0.492 e. The number of methoxy groups -OCH3 is 1. The quantitative estimate of drug-likeness (QED) is 0.757. The molecule has 1 N–H and O–H groups in total. The number of carbonyl (C=O) groups excluding carboxylic acids is 2. The van der Waals surface area contributed by atoms with Gasteiger partial charge in [0.25, 0.3) is 11.8 Å². The Morgan fingerprint density at radius 1 is 1.23 bits per heavy atom. The number of aromatic nitrogens is 1. The van der Waals surface area contributed by atoms with E-state index in [-0.39, 0.29) is 23.8 Å². The summed E-state index contributed by atoms with van der Waals surface area (Å²) < 4.78 is 11.1. The number of piperidine rings is 1. The standard InChI is InChI=1S/C23H29N3O4/c1-16(2)25-22(27)19-8-4-5-9-20(19)30-15-17-7-6-12-26(14-17)23(28)18-10-11-21(29-3)24-13-18/h4-5,8-11,13,16-17H,6-7,12,14-15H2,1-3H3,(H,25,27). The Morgan fingerprint density at radius 2 is 2.03 bits per heavy atom. The van der Waals surface area contributed by atoms with E-state index in [9.17, 15) is 9.59 Å². The Hall–Kier alpha value is -3.09. The molecule has 1 unspecified atom stereocenters. The van der Waals surface area contributed by atoms with Gasteiger partial charge in [0, 0.05) is 37.3 Å². The van der Waals surface area contributed by atoms with Crippen LogP contribution >= 0.6 is 0 Å². The van der Waals surface area contributed by atoms with Crippen LogP contribution in [-0.2, 0) is 0 Å². The number of rotatable bonds is 7. The molecule has 1 atom stereocenters. The smallest absolute Gasteiger partial charge is 0.255 e. The molecule has 1 aliphatic rings. The Morgan fingerprint density at radius 3 is 2.73 bits per heavy atom. The van der Waals surface area contributed by atoms with Crippen LogP contribution in [0.3, 0.4) is 0 Å². The van der Waals surface area contributed by atoms with Gasteiger partial charge < -0.3 is 19.7 Å². The van der Waals surface area contributed by atoms with Crippen molar-refractivity contribution in [3.63, 3.8) is 0 Å². The summed E-state index contributed by atoms with van der Waals surface area (Å²) in [7, 11) is 1.55. The van der Waals surface area contributed by atoms with E-state index in [2.05, 4.69) is 10.3 Å². The summed E-state index contributed by atoms with van der Waals surface area (Å²) in [4.78, 5) is 31.2. The largest absolute Gasteiger partial charge is 0.492 e. The normalized spacial score (nSPS) is 16.3. The first-order valence-electron chi connectivity index (χ1n) is 10.3. The van der Waals surface area contributed by atoms with Crippen LogP contribution in [0.15, 0.2) is 42.6 Å². The predicted octanol–water partition coefficient (Wildman–Crippen LogP) is 3.16. The first-order valence-corrected chi connectivity index (χ1v) is 10.3. The molecule has 1 fully saturated rings. The van der Waals surface area contributed by atoms with E-state index in [1.165, 1.54) is 0 Å². The van der Waals surface area contributed by atoms with Crippen molar-refractivity contribution in [3.8, 4) is 11.6 Å². The Labute approximate surface area is 177 Å². The highest BCUT2D eigenvalue weighted by molar-refractivity contribution is 5.97. The molecule has 0 bridgehead atoms. The summed E-state index contributed by atoms with van der Waals surface area (Å²) in [5.74, 6) is 1.07. The number of amides is 2. The molecule has 0 aliphatic carbocycles. The number of nitrogens with zero attached hydrogens (tertiary/aromatic N) is 2. The summed E-state index contributed by atoms with van der Waals surface area (Å²) >= 11 is 0. The second-order valence-corrected chi connectivity index (χ2v) is 7.78. The minimum atomic E-state index is -0.145. The van der Waals surface area contributed by atoms with Crippen LogP contribution in [-0.4, -0.2) is 54.5 Å². The van der Waals surface area contributed by atoms with Crippen molar-refractivity contribution >= 4 is 11.8 Å². The van der Waals surface area contributed by atoms with Crippen molar-refractivity contribution in [2.45, 2.75) is 32.7 Å². The van der Waals surface area contributed by atoms with Gasteiger partial charge >= 0.3 is 0 Å². The van der Waals surface area contributed by atoms with E-state index in [4.69, 9.17) is 9.47 Å². The lowest BCUT2D eigenvalue weighted by Gasteiger charge is -2.32. The molecule has 1 saturated heterocycles. The van der Waals surface area contributed by atoms with Crippen LogP contribution in [0.5, 0.6) is 11.6 Å². The van der Waals surface area contributed by atoms with Gasteiger partial charge in [0.2, 0.25) is 5.88 Å². The minimum absolute atomic E-state index is 0.0356. The molecule has 3 rings (SSSR count). The average Bonchev–Trinajstić information content (AvgIpc) is 2.77. The van der Waals surface area contributed by atoms with Crippen molar-refractivity contribution < 1.29 is 19.1 Å². The van der Waals surface area contributed by atoms with Crippen molar-refractivity contribution in [2.24, 2.45) is 5.92 Å². The maximum atomic E-state index is 12.8. The molecular formula is C23H29N3O4. The highest BCUT2D eigenvalue weighted by Crippen LogP contribution is 2.23. The lowest BCUT2D eigenvalue weighted by molar-refractivity contribution is 0.0632. The van der Waals surface area contributed by atoms with Crippen molar-refractivity contribution in [1.82, 2.24) is 15.2 Å². The Kier molecular flexibility index (Phi) is 7.27. The maximum Gasteiger partial charge on any atom is 0.255 e. The highest BCUT2D eigenvalue weighted by Gasteiger charge is 2.25. The summed E-state index contributed by atoms with van der Waals surface area (Å²) in [5, 5.41) is 2.90. The molecule has 30 heavy (non-hydrogen) atoms. The third-order valence-electron chi connectivity index (χ3n) is 5.02. The number of benzene rings is 1. The second-order valence-electron chi connectivity index (χ2n) is 7.78. The molecule has 7 heteroatoms. The van der Waals surface area contributed by atoms with Gasteiger partial charge in [0.05, 0.1) is 24.8 Å². The summed E-state index contributed by atoms with van der Waals surface area (Å²) in [5.41, 5.74) is 1.08. The topological polar surface area (TPSA) is 80.8 Å². The molecule has 2 aromatic rings. The SMILES string of the molecule is COc1ccc(C(=O)N2CCCC(COc3ccccc3C(=O)NC(C)C)C2)cn1. The molecule has 0 spiro atoms. The second kappa shape index (κ2) is 10.1. The average molecular weight is 412 g/mol. The zero-order chi connectivity index (χ0) is 21.5. The molecular weight excluding hydrogens is 382 g/mol. The van der Waals surface area contributed by atoms with E-state index in [0.29, 0.717) is 35.9 Å². The zero-order valence-corrected chi connectivity index (χ0v) is 17.8. The van der Waals surface area contributed by atoms with Crippen molar-refractivity contribution in [1.29, 1.82) is 0 Å². The van der Waals surface area contributed by atoms with Crippen LogP contribution in [0.1, 0.15) is 47.4 Å². The number of para-hydroxylation sites is 1. The Balaban J connectivity index is 1.60. The van der Waals surface area contributed by atoms with E-state index < -0.39 is 0 Å². The summed E-state index contributed by atoms with van der Waals surface area (Å²) in [6.07, 6.45) is 3.44. The molecule has 7 nitrogen and oxygen atoms in total. The molecule has 2 amide bonds. The number of hydrogen-bond donors (Lipinski definition) is 1. The fraction of sp³-hybridized carbons (Fsp3) is 0.435. The van der Waals surface area contributed by atoms with E-state index in [1.807, 2.05) is 36.9 Å². The molecule has 1 aromatic carbocycles. The third-order valence-corrected chi connectivity index (χ3v) is 5.02. The van der Waals surface area contributed by atoms with Crippen LogP contribution < -0.4 is 14.8 Å². The lowest BCUT2D eigenvalue weighted by Crippen LogP contribution is -2.41. The molecule has 0 radical (unpaired) electrons. The zero-order valence-electron chi connectivity index (χ0n) is 17.8. The van der Waals surface area contributed by atoms with Gasteiger partial charge in [-0.3, -0.25) is 9.59 Å². The summed E-state index contributed by atoms with van der Waals surface area (Å²) in [6.45, 7) is 5.64. The fourth-order valence-electron chi connectivity index (χ4n) is 3.52. The first kappa shape index (κ1) is 21.6. The van der Waals surface area contributed by atoms with Crippen LogP contribution in [0.4, 0.5) is 0 Å². The van der Waals surface area contributed by atoms with Gasteiger partial charge in [-0.15, -0.1) is 0 Å². The van der Waals surface area contributed by atoms with E-state index in [1.54, 1.807) is 31.5 Å². The van der Waals surface area contributed by atoms with Gasteiger partial charge in [0.1, 0.15) is 5.75 Å². The molecule has 1 aromatic heterocycles. The van der Waals surface area contributed by atoms with Gasteiger partial charge in [-0.25, -0.2) is 4.98 Å². The van der Waals surface area contributed by atoms with E-state index in [0.717, 1.165) is 19.4 Å². The summed E-state index contributed by atoms with van der Waals surface area (Å²) in [6, 6.07) is 10.7. The van der Waals surface area contributed by atoms with Gasteiger partial charge in [-0.2, -0.15) is 0 Å². The number of likely N-dealkylation sites (tertiary alicyclic amines) is 1. The number of pyridine rings is 1. The monoisotopic (exact) mass is 411 g/mol. The fourth-order valence-corrected chi connectivity index (χ4v) is 3.52. The molecule has 1 aliphatic heterocycles. The lowest BCUT2D eigenvalue weighted by atomic mass is 9.98. The predicted molar refractivity (Wildman–Crippen MR) is 114 cm³/mol. The maximum absolute atomic E-state index is 12.8. The van der Waals surface area contributed by atoms with Gasteiger partial charge in [-0.05, 0) is 44.9 Å². The molecule has 0 saturated carbocycles. The van der Waals surface area contributed by atoms with Gasteiger partial charge in [0.15, 0.2) is 0 Å². The van der Waals surface area contributed by atoms with Gasteiger partial charge in [-0.1, -0.05) is 12.1 Å². The van der Waals surface area contributed by atoms with Crippen molar-refractivity contribution in [3.05, 3.63) is 53.7 Å². The first-order chi connectivity index (χ1) is 14.5. The number of hydrogen-bond acceptors (Lipinski definition) is 5. The van der Waals surface area contributed by atoms with E-state index >= 15 is 0 Å². The number of carbonyl (C=O) groups is 2. The van der Waals surface area contributed by atoms with Crippen molar-refractivity contribution in [2.75, 3.05) is 26.8 Å². The molecule has 160 valence electrons. The third kappa shape index (κ3) is 5.49. The number of ether oxygens (including phenoxy) is 2. The van der Waals surface area contributed by atoms with Crippen LogP contribution in [0.25, 0.3) is 0 Å². The van der Waals surface area contributed by atoms with Crippen LogP contribution in [0, 0.1) is 5.92 Å². The highest BCUT2D eigenvalue weighted by atomic mass is 16.5. The Bertz CT molecular complexity index is 867. The molecule has 2 heterocycles. The van der Waals surface area contributed by atoms with Crippen LogP contribution in [0.2, 0.25) is 0 Å². The number of nitrogens with one attached hydrogen (secondary N) is 1.